The Morgan fingerprint density at radius 1 is 0.517 bits per heavy atom. The van der Waals surface area contributed by atoms with E-state index >= 15 is 0 Å². The fraction of sp³-hybridized carbons (Fsp3) is 0.979. The lowest BCUT2D eigenvalue weighted by Gasteiger charge is -2.25. The number of phosphoric acid groups is 1. The van der Waals surface area contributed by atoms with Crippen molar-refractivity contribution in [1.82, 2.24) is 5.32 Å². The molecule has 0 spiro atoms. The molecular formula is C48H99N2O7P. The molecule has 348 valence electrons. The fourth-order valence-corrected chi connectivity index (χ4v) is 8.71. The maximum Gasteiger partial charge on any atom is 0.472 e. The third-order valence-corrected chi connectivity index (χ3v) is 12.7. The van der Waals surface area contributed by atoms with Crippen LogP contribution in [0.2, 0.25) is 0 Å². The maximum atomic E-state index is 12.9. The molecule has 0 heterocycles. The average molecular weight is 847 g/mol. The highest BCUT2D eigenvalue weighted by atomic mass is 31.2. The van der Waals surface area contributed by atoms with E-state index in [1.807, 2.05) is 0 Å². The van der Waals surface area contributed by atoms with Gasteiger partial charge in [0.25, 0.3) is 0 Å². The van der Waals surface area contributed by atoms with Crippen LogP contribution in [0.25, 0.3) is 0 Å². The lowest BCUT2D eigenvalue weighted by molar-refractivity contribution is -0.125. The first-order valence-electron chi connectivity index (χ1n) is 25.2. The van der Waals surface area contributed by atoms with E-state index in [0.717, 1.165) is 38.5 Å². The largest absolute Gasteiger partial charge is 0.472 e. The van der Waals surface area contributed by atoms with Crippen LogP contribution in [0, 0.1) is 0 Å². The summed E-state index contributed by atoms with van der Waals surface area (Å²) in [5, 5.41) is 24.3. The Kier molecular flexibility index (Phi) is 44.1. The molecule has 0 aromatic rings. The third-order valence-electron chi connectivity index (χ3n) is 11.8. The number of nitrogens with one attached hydrogen (secondary N) is 1. The van der Waals surface area contributed by atoms with Crippen molar-refractivity contribution < 1.29 is 33.5 Å². The highest BCUT2D eigenvalue weighted by Gasteiger charge is 2.28. The summed E-state index contributed by atoms with van der Waals surface area (Å²) >= 11 is 0. The summed E-state index contributed by atoms with van der Waals surface area (Å²) in [6.07, 6.45) is 45.8. The number of aliphatic hydroxyl groups is 2. The second-order valence-electron chi connectivity index (χ2n) is 17.6. The van der Waals surface area contributed by atoms with Crippen LogP contribution in [0.5, 0.6) is 0 Å². The number of rotatable bonds is 48. The van der Waals surface area contributed by atoms with E-state index in [0.29, 0.717) is 12.8 Å². The first-order chi connectivity index (χ1) is 28.3. The van der Waals surface area contributed by atoms with Crippen LogP contribution >= 0.6 is 7.82 Å². The molecule has 0 bridgehead atoms. The Bertz CT molecular complexity index is 898. The van der Waals surface area contributed by atoms with E-state index in [2.05, 4.69) is 19.2 Å². The van der Waals surface area contributed by atoms with Crippen molar-refractivity contribution in [3.63, 3.8) is 0 Å². The molecule has 0 aliphatic rings. The van der Waals surface area contributed by atoms with E-state index in [-0.39, 0.29) is 26.2 Å². The van der Waals surface area contributed by atoms with E-state index < -0.39 is 32.0 Å². The average Bonchev–Trinajstić information content (AvgIpc) is 3.20. The lowest BCUT2D eigenvalue weighted by Crippen LogP contribution is -2.47. The van der Waals surface area contributed by atoms with Crippen LogP contribution in [0.3, 0.4) is 0 Å². The van der Waals surface area contributed by atoms with E-state index in [9.17, 15) is 24.5 Å². The van der Waals surface area contributed by atoms with E-state index in [1.165, 1.54) is 193 Å². The van der Waals surface area contributed by atoms with Gasteiger partial charge in [-0.1, -0.05) is 245 Å². The van der Waals surface area contributed by atoms with E-state index in [1.54, 1.807) is 0 Å². The third kappa shape index (κ3) is 42.2. The molecule has 0 aliphatic heterocycles. The molecule has 9 nitrogen and oxygen atoms in total. The standard InChI is InChI=1S/C48H99N2O7P/c1-3-5-7-9-11-13-15-17-19-20-21-22-23-24-26-27-29-31-33-35-37-39-45(51)43-48(53)50-46(44-57-58(54,55)56-42-41-49)47(52)40-38-36-34-32-30-28-25-18-16-14-12-10-8-6-4-2/h45-47,51-52H,3-44,49H2,1-2H3,(H,50,53)(H,54,55). The summed E-state index contributed by atoms with van der Waals surface area (Å²) in [6, 6.07) is -0.891. The maximum absolute atomic E-state index is 12.9. The molecule has 0 aromatic carbocycles. The molecule has 0 aromatic heterocycles. The van der Waals surface area contributed by atoms with Crippen LogP contribution in [0.1, 0.15) is 264 Å². The zero-order chi connectivity index (χ0) is 42.6. The van der Waals surface area contributed by atoms with Crippen molar-refractivity contribution in [3.8, 4) is 0 Å². The number of amides is 1. The number of hydrogen-bond donors (Lipinski definition) is 5. The molecule has 4 unspecified atom stereocenters. The second kappa shape index (κ2) is 44.5. The molecule has 4 atom stereocenters. The Morgan fingerprint density at radius 3 is 1.16 bits per heavy atom. The van der Waals surface area contributed by atoms with Crippen molar-refractivity contribution >= 4 is 13.7 Å². The molecule has 0 fully saturated rings. The van der Waals surface area contributed by atoms with Gasteiger partial charge in [-0.3, -0.25) is 13.8 Å². The van der Waals surface area contributed by atoms with Gasteiger partial charge < -0.3 is 26.2 Å². The molecule has 58 heavy (non-hydrogen) atoms. The van der Waals surface area contributed by atoms with Gasteiger partial charge in [0.2, 0.25) is 5.91 Å². The number of carbonyl (C=O) groups is 1. The predicted octanol–water partition coefficient (Wildman–Crippen LogP) is 13.5. The Morgan fingerprint density at radius 2 is 0.828 bits per heavy atom. The van der Waals surface area contributed by atoms with Gasteiger partial charge >= 0.3 is 7.82 Å². The van der Waals surface area contributed by atoms with Gasteiger partial charge in [0.05, 0.1) is 37.9 Å². The molecule has 0 saturated carbocycles. The Balaban J connectivity index is 4.09. The molecule has 0 saturated heterocycles. The van der Waals surface area contributed by atoms with E-state index in [4.69, 9.17) is 14.8 Å². The summed E-state index contributed by atoms with van der Waals surface area (Å²) in [5.41, 5.74) is 5.38. The minimum absolute atomic E-state index is 0.0628. The van der Waals surface area contributed by atoms with Crippen molar-refractivity contribution in [1.29, 1.82) is 0 Å². The summed E-state index contributed by atoms with van der Waals surface area (Å²) < 4.78 is 22.2. The smallest absolute Gasteiger partial charge is 0.393 e. The van der Waals surface area contributed by atoms with Gasteiger partial charge in [0.15, 0.2) is 0 Å². The van der Waals surface area contributed by atoms with Crippen molar-refractivity contribution in [3.05, 3.63) is 0 Å². The number of unbranched alkanes of at least 4 members (excludes halogenated alkanes) is 34. The topological polar surface area (TPSA) is 151 Å². The number of carbonyl (C=O) groups excluding carboxylic acids is 1. The van der Waals surface area contributed by atoms with Gasteiger partial charge in [-0.05, 0) is 12.8 Å². The summed E-state index contributed by atoms with van der Waals surface area (Å²) in [7, 11) is -4.37. The van der Waals surface area contributed by atoms with Crippen LogP contribution in [-0.4, -0.2) is 59.0 Å². The van der Waals surface area contributed by atoms with Crippen LogP contribution in [0.15, 0.2) is 0 Å². The molecule has 0 rings (SSSR count). The molecule has 0 radical (unpaired) electrons. The number of phosphoric ester groups is 1. The van der Waals surface area contributed by atoms with Crippen LogP contribution in [0.4, 0.5) is 0 Å². The quantitative estimate of drug-likeness (QED) is 0.0300. The van der Waals surface area contributed by atoms with Crippen molar-refractivity contribution in [2.75, 3.05) is 19.8 Å². The fourth-order valence-electron chi connectivity index (χ4n) is 7.95. The summed E-state index contributed by atoms with van der Waals surface area (Å²) in [4.78, 5) is 22.9. The minimum atomic E-state index is -4.37. The molecule has 10 heteroatoms. The van der Waals surface area contributed by atoms with Crippen LogP contribution in [-0.2, 0) is 18.4 Å². The van der Waals surface area contributed by atoms with Gasteiger partial charge in [-0.15, -0.1) is 0 Å². The summed E-state index contributed by atoms with van der Waals surface area (Å²) in [6.45, 7) is 4.09. The van der Waals surface area contributed by atoms with Crippen LogP contribution < -0.4 is 11.1 Å². The first kappa shape index (κ1) is 57.5. The number of nitrogens with two attached hydrogens (primary N) is 1. The second-order valence-corrected chi connectivity index (χ2v) is 19.0. The van der Waals surface area contributed by atoms with Gasteiger partial charge in [0, 0.05) is 6.54 Å². The lowest BCUT2D eigenvalue weighted by atomic mass is 10.0. The SMILES string of the molecule is CCCCCCCCCCCCCCCCCCCCCCCC(O)CC(=O)NC(COP(=O)(O)OCCN)C(O)CCCCCCCCCCCCCCCCC. The number of aliphatic hydroxyl groups excluding tert-OH is 2. The first-order valence-corrected chi connectivity index (χ1v) is 26.7. The Labute approximate surface area is 359 Å². The van der Waals surface area contributed by atoms with Gasteiger partial charge in [-0.25, -0.2) is 4.57 Å². The molecule has 6 N–H and O–H groups in total. The molecular weight excluding hydrogens is 748 g/mol. The minimum Gasteiger partial charge on any atom is -0.393 e. The summed E-state index contributed by atoms with van der Waals surface area (Å²) in [5.74, 6) is -0.407. The monoisotopic (exact) mass is 847 g/mol. The normalized spacial score (nSPS) is 14.4. The molecule has 0 aliphatic carbocycles. The molecule has 1 amide bonds. The highest BCUT2D eigenvalue weighted by molar-refractivity contribution is 7.47. The Hall–Kier alpha value is -0.540. The number of hydrogen-bond acceptors (Lipinski definition) is 7. The predicted molar refractivity (Wildman–Crippen MR) is 246 cm³/mol. The zero-order valence-corrected chi connectivity index (χ0v) is 39.3. The van der Waals surface area contributed by atoms with Gasteiger partial charge in [-0.2, -0.15) is 0 Å². The zero-order valence-electron chi connectivity index (χ0n) is 38.4. The van der Waals surface area contributed by atoms with Crippen molar-refractivity contribution in [2.45, 2.75) is 283 Å². The van der Waals surface area contributed by atoms with Gasteiger partial charge in [0.1, 0.15) is 0 Å². The highest BCUT2D eigenvalue weighted by Crippen LogP contribution is 2.43. The van der Waals surface area contributed by atoms with Crippen molar-refractivity contribution in [2.24, 2.45) is 5.73 Å².